The summed E-state index contributed by atoms with van der Waals surface area (Å²) in [5.74, 6) is -0.0788. The van der Waals surface area contributed by atoms with E-state index < -0.39 is 0 Å². The summed E-state index contributed by atoms with van der Waals surface area (Å²) in [4.78, 5) is 37.7. The first-order chi connectivity index (χ1) is 10.2. The van der Waals surface area contributed by atoms with Gasteiger partial charge in [-0.1, -0.05) is 6.07 Å². The summed E-state index contributed by atoms with van der Waals surface area (Å²) in [6.07, 6.45) is 2.87. The number of nitrogens with one attached hydrogen (secondary N) is 1. The zero-order chi connectivity index (χ0) is 15.1. The number of ketones is 1. The number of thiophene rings is 1. The van der Waals surface area contributed by atoms with Crippen molar-refractivity contribution in [1.82, 2.24) is 10.2 Å². The van der Waals surface area contributed by atoms with Crippen LogP contribution in [0, 0.1) is 0 Å². The van der Waals surface area contributed by atoms with E-state index in [9.17, 15) is 14.4 Å². The quantitative estimate of drug-likeness (QED) is 0.782. The van der Waals surface area contributed by atoms with E-state index in [1.54, 1.807) is 6.07 Å². The highest BCUT2D eigenvalue weighted by atomic mass is 32.1. The Morgan fingerprint density at radius 3 is 2.57 bits per heavy atom. The molecule has 6 heteroatoms. The minimum absolute atomic E-state index is 0.00621. The van der Waals surface area contributed by atoms with Crippen molar-refractivity contribution in [2.75, 3.05) is 19.6 Å². The molecule has 1 saturated heterocycles. The summed E-state index contributed by atoms with van der Waals surface area (Å²) in [5.41, 5.74) is 0. The number of likely N-dealkylation sites (tertiary alicyclic amines) is 1. The van der Waals surface area contributed by atoms with Gasteiger partial charge in [0.15, 0.2) is 5.78 Å². The van der Waals surface area contributed by atoms with Crippen LogP contribution in [0.15, 0.2) is 17.5 Å². The lowest BCUT2D eigenvalue weighted by Crippen LogP contribution is -2.32. The van der Waals surface area contributed by atoms with Gasteiger partial charge in [-0.3, -0.25) is 14.4 Å². The first-order valence-electron chi connectivity index (χ1n) is 7.28. The number of rotatable bonds is 7. The minimum Gasteiger partial charge on any atom is -0.356 e. The van der Waals surface area contributed by atoms with Gasteiger partial charge in [0.1, 0.15) is 0 Å². The van der Waals surface area contributed by atoms with Crippen molar-refractivity contribution in [3.8, 4) is 0 Å². The average molecular weight is 308 g/mol. The normalized spacial score (nSPS) is 14.2. The van der Waals surface area contributed by atoms with Crippen molar-refractivity contribution in [1.29, 1.82) is 0 Å². The molecule has 1 N–H and O–H groups in total. The predicted molar refractivity (Wildman–Crippen MR) is 81.3 cm³/mol. The van der Waals surface area contributed by atoms with Gasteiger partial charge in [-0.25, -0.2) is 0 Å². The Hall–Kier alpha value is -1.69. The molecule has 0 aromatic carbocycles. The number of amides is 2. The zero-order valence-corrected chi connectivity index (χ0v) is 12.8. The van der Waals surface area contributed by atoms with Crippen LogP contribution in [0.2, 0.25) is 0 Å². The lowest BCUT2D eigenvalue weighted by molar-refractivity contribution is -0.130. The van der Waals surface area contributed by atoms with Crippen LogP contribution >= 0.6 is 11.3 Å². The van der Waals surface area contributed by atoms with Crippen LogP contribution in [0.3, 0.4) is 0 Å². The molecule has 114 valence electrons. The van der Waals surface area contributed by atoms with Gasteiger partial charge in [0.05, 0.1) is 4.88 Å². The number of hydrogen-bond donors (Lipinski definition) is 1. The van der Waals surface area contributed by atoms with E-state index in [1.165, 1.54) is 11.3 Å². The molecule has 0 radical (unpaired) electrons. The smallest absolute Gasteiger partial charge is 0.224 e. The molecule has 0 unspecified atom stereocenters. The SMILES string of the molecule is O=C(CCC(=O)c1cccs1)NCCC(=O)N1CCCC1. The van der Waals surface area contributed by atoms with Gasteiger partial charge in [-0.15, -0.1) is 11.3 Å². The van der Waals surface area contributed by atoms with Crippen molar-refractivity contribution in [2.24, 2.45) is 0 Å². The van der Waals surface area contributed by atoms with Gasteiger partial charge in [-0.2, -0.15) is 0 Å². The van der Waals surface area contributed by atoms with E-state index in [4.69, 9.17) is 0 Å². The van der Waals surface area contributed by atoms with E-state index in [2.05, 4.69) is 5.32 Å². The number of carbonyl (C=O) groups is 3. The summed E-state index contributed by atoms with van der Waals surface area (Å²) in [6, 6.07) is 3.58. The molecule has 2 heterocycles. The highest BCUT2D eigenvalue weighted by molar-refractivity contribution is 7.12. The van der Waals surface area contributed by atoms with E-state index in [1.807, 2.05) is 16.3 Å². The number of Topliss-reactive ketones (excluding diaryl/α,β-unsaturated/α-hetero) is 1. The highest BCUT2D eigenvalue weighted by Gasteiger charge is 2.17. The van der Waals surface area contributed by atoms with Crippen LogP contribution in [0.25, 0.3) is 0 Å². The van der Waals surface area contributed by atoms with Crippen molar-refractivity contribution >= 4 is 28.9 Å². The van der Waals surface area contributed by atoms with Crippen LogP contribution in [-0.2, 0) is 9.59 Å². The van der Waals surface area contributed by atoms with Gasteiger partial charge in [0.25, 0.3) is 0 Å². The molecule has 5 nitrogen and oxygen atoms in total. The molecule has 1 fully saturated rings. The van der Waals surface area contributed by atoms with Crippen molar-refractivity contribution < 1.29 is 14.4 Å². The van der Waals surface area contributed by atoms with E-state index in [0.717, 1.165) is 25.9 Å². The molecule has 21 heavy (non-hydrogen) atoms. The number of hydrogen-bond acceptors (Lipinski definition) is 4. The molecule has 0 bridgehead atoms. The molecule has 1 aromatic heterocycles. The van der Waals surface area contributed by atoms with E-state index in [0.29, 0.717) is 17.8 Å². The Bertz CT molecular complexity index is 493. The fraction of sp³-hybridized carbons (Fsp3) is 0.533. The van der Waals surface area contributed by atoms with Crippen LogP contribution < -0.4 is 5.32 Å². The van der Waals surface area contributed by atoms with Gasteiger partial charge in [0.2, 0.25) is 11.8 Å². The molecule has 2 rings (SSSR count). The van der Waals surface area contributed by atoms with Crippen LogP contribution in [-0.4, -0.2) is 42.1 Å². The van der Waals surface area contributed by atoms with Crippen LogP contribution in [0.1, 0.15) is 41.8 Å². The van der Waals surface area contributed by atoms with Crippen molar-refractivity contribution in [3.05, 3.63) is 22.4 Å². The standard InChI is InChI=1S/C15H20N2O3S/c18-12(13-4-3-11-21-13)5-6-14(19)16-8-7-15(20)17-9-1-2-10-17/h3-4,11H,1-2,5-10H2,(H,16,19). The molecular formula is C15H20N2O3S. The third kappa shape index (κ3) is 4.97. The predicted octanol–water partition coefficient (Wildman–Crippen LogP) is 1.84. The Labute approximate surface area is 128 Å². The van der Waals surface area contributed by atoms with Gasteiger partial charge in [0, 0.05) is 38.9 Å². The Balaban J connectivity index is 1.59. The molecule has 0 atom stereocenters. The molecule has 1 aliphatic heterocycles. The number of carbonyl (C=O) groups excluding carboxylic acids is 3. The van der Waals surface area contributed by atoms with Gasteiger partial charge in [-0.05, 0) is 24.3 Å². The van der Waals surface area contributed by atoms with Crippen molar-refractivity contribution in [2.45, 2.75) is 32.1 Å². The second kappa shape index (κ2) is 7.93. The van der Waals surface area contributed by atoms with Gasteiger partial charge < -0.3 is 10.2 Å². The highest BCUT2D eigenvalue weighted by Crippen LogP contribution is 2.12. The summed E-state index contributed by atoms with van der Waals surface area (Å²) in [7, 11) is 0. The number of nitrogens with zero attached hydrogens (tertiary/aromatic N) is 1. The topological polar surface area (TPSA) is 66.5 Å². The third-order valence-electron chi connectivity index (χ3n) is 3.49. The maximum Gasteiger partial charge on any atom is 0.224 e. The maximum atomic E-state index is 11.8. The van der Waals surface area contributed by atoms with E-state index in [-0.39, 0.29) is 30.4 Å². The Morgan fingerprint density at radius 1 is 1.14 bits per heavy atom. The monoisotopic (exact) mass is 308 g/mol. The minimum atomic E-state index is -0.172. The third-order valence-corrected chi connectivity index (χ3v) is 4.41. The fourth-order valence-corrected chi connectivity index (χ4v) is 3.00. The molecule has 1 aliphatic rings. The van der Waals surface area contributed by atoms with Crippen molar-refractivity contribution in [3.63, 3.8) is 0 Å². The molecule has 0 aliphatic carbocycles. The molecular weight excluding hydrogens is 288 g/mol. The first-order valence-corrected chi connectivity index (χ1v) is 8.16. The molecule has 1 aromatic rings. The Morgan fingerprint density at radius 2 is 1.90 bits per heavy atom. The Kier molecular flexibility index (Phi) is 5.92. The lowest BCUT2D eigenvalue weighted by Gasteiger charge is -2.15. The van der Waals surface area contributed by atoms with Crippen LogP contribution in [0.4, 0.5) is 0 Å². The second-order valence-electron chi connectivity index (χ2n) is 5.09. The second-order valence-corrected chi connectivity index (χ2v) is 6.04. The zero-order valence-electron chi connectivity index (χ0n) is 12.0. The van der Waals surface area contributed by atoms with E-state index >= 15 is 0 Å². The first kappa shape index (κ1) is 15.7. The summed E-state index contributed by atoms with van der Waals surface area (Å²) in [5, 5.41) is 4.55. The average Bonchev–Trinajstić information content (AvgIpc) is 3.16. The maximum absolute atomic E-state index is 11.8. The molecule has 0 spiro atoms. The summed E-state index contributed by atoms with van der Waals surface area (Å²) < 4.78 is 0. The lowest BCUT2D eigenvalue weighted by atomic mass is 10.2. The largest absolute Gasteiger partial charge is 0.356 e. The summed E-state index contributed by atoms with van der Waals surface area (Å²) in [6.45, 7) is 2.02. The van der Waals surface area contributed by atoms with Crippen LogP contribution in [0.5, 0.6) is 0 Å². The molecule has 2 amide bonds. The van der Waals surface area contributed by atoms with Gasteiger partial charge >= 0.3 is 0 Å². The summed E-state index contributed by atoms with van der Waals surface area (Å²) >= 11 is 1.39. The fourth-order valence-electron chi connectivity index (χ4n) is 2.31. The molecule has 0 saturated carbocycles.